The minimum Gasteiger partial charge on any atom is -0.444 e. The Balaban J connectivity index is 2.33. The van der Waals surface area contributed by atoms with Crippen molar-refractivity contribution in [3.05, 3.63) is 12.2 Å². The number of carbonyl (C=O) groups excluding carboxylic acids is 1. The van der Waals surface area contributed by atoms with Crippen molar-refractivity contribution < 1.29 is 9.53 Å². The summed E-state index contributed by atoms with van der Waals surface area (Å²) in [5, 5.41) is 3.41. The molecule has 0 spiro atoms. The second-order valence-electron chi connectivity index (χ2n) is 11.7. The highest BCUT2D eigenvalue weighted by Crippen LogP contribution is 2.56. The van der Waals surface area contributed by atoms with Gasteiger partial charge >= 0.3 is 6.09 Å². The van der Waals surface area contributed by atoms with Crippen LogP contribution in [0.25, 0.3) is 0 Å². The molecule has 0 heterocycles. The summed E-state index contributed by atoms with van der Waals surface area (Å²) in [5.41, 5.74) is 0.621. The molecule has 0 aromatic carbocycles. The summed E-state index contributed by atoms with van der Waals surface area (Å²) in [6.07, 6.45) is 6.69. The van der Waals surface area contributed by atoms with E-state index in [2.05, 4.69) is 53.4 Å². The second kappa shape index (κ2) is 9.65. The first kappa shape index (κ1) is 25.3. The number of hydrogen-bond donors (Lipinski definition) is 1. The fourth-order valence-corrected chi connectivity index (χ4v) is 6.86. The van der Waals surface area contributed by atoms with Crippen LogP contribution in [-0.4, -0.2) is 17.2 Å². The lowest BCUT2D eigenvalue weighted by atomic mass is 9.57. The van der Waals surface area contributed by atoms with Gasteiger partial charge in [0.15, 0.2) is 0 Å². The molecular formula is C27H49NO2. The summed E-state index contributed by atoms with van der Waals surface area (Å²) in [5.74, 6) is 4.55. The first-order valence-corrected chi connectivity index (χ1v) is 12.5. The zero-order valence-electron chi connectivity index (χ0n) is 21.3. The first-order valence-electron chi connectivity index (χ1n) is 12.5. The lowest BCUT2D eigenvalue weighted by Crippen LogP contribution is -2.56. The van der Waals surface area contributed by atoms with Crippen LogP contribution >= 0.6 is 0 Å². The van der Waals surface area contributed by atoms with Gasteiger partial charge in [-0.3, -0.25) is 0 Å². The monoisotopic (exact) mass is 419 g/mol. The molecule has 1 N–H and O–H groups in total. The molecule has 2 aliphatic rings. The summed E-state index contributed by atoms with van der Waals surface area (Å²) in [4.78, 5) is 12.9. The van der Waals surface area contributed by atoms with Crippen LogP contribution in [0.15, 0.2) is 12.2 Å². The van der Waals surface area contributed by atoms with Gasteiger partial charge in [0.05, 0.1) is 0 Å². The number of rotatable bonds is 6. The van der Waals surface area contributed by atoms with Crippen molar-refractivity contribution in [2.45, 2.75) is 112 Å². The normalized spacial score (nSPS) is 38.2. The Labute approximate surface area is 186 Å². The van der Waals surface area contributed by atoms with E-state index < -0.39 is 5.60 Å². The van der Waals surface area contributed by atoms with Crippen molar-refractivity contribution in [3.63, 3.8) is 0 Å². The lowest BCUT2D eigenvalue weighted by Gasteiger charge is -2.50. The van der Waals surface area contributed by atoms with Crippen LogP contribution in [0.5, 0.6) is 0 Å². The summed E-state index contributed by atoms with van der Waals surface area (Å²) in [6.45, 7) is 24.3. The molecule has 2 aliphatic carbocycles. The van der Waals surface area contributed by atoms with Crippen LogP contribution in [0.4, 0.5) is 4.79 Å². The second-order valence-corrected chi connectivity index (χ2v) is 11.7. The molecule has 30 heavy (non-hydrogen) atoms. The molecule has 8 atom stereocenters. The fourth-order valence-electron chi connectivity index (χ4n) is 6.86. The quantitative estimate of drug-likeness (QED) is 0.450. The largest absolute Gasteiger partial charge is 0.444 e. The molecule has 174 valence electrons. The van der Waals surface area contributed by atoms with E-state index in [1.807, 2.05) is 20.8 Å². The molecule has 4 unspecified atom stereocenters. The van der Waals surface area contributed by atoms with Gasteiger partial charge in [-0.05, 0) is 101 Å². The predicted octanol–water partition coefficient (Wildman–Crippen LogP) is 7.61. The molecule has 0 saturated heterocycles. The molecule has 2 rings (SSSR count). The number of ether oxygens (including phenoxy) is 1. The predicted molar refractivity (Wildman–Crippen MR) is 127 cm³/mol. The minimum absolute atomic E-state index is 0.187. The zero-order valence-corrected chi connectivity index (χ0v) is 21.3. The van der Waals surface area contributed by atoms with E-state index in [0.717, 1.165) is 37.0 Å². The SMILES string of the molecule is C=C(C)[C@@H]1CCC(CC)(NC(=O)OC(C)(C)C)[C@H]1C1CCC([C@@H](C)CC)[C@H](C)C1C. The summed E-state index contributed by atoms with van der Waals surface area (Å²) < 4.78 is 5.70. The van der Waals surface area contributed by atoms with E-state index in [9.17, 15) is 4.79 Å². The van der Waals surface area contributed by atoms with Gasteiger partial charge in [0, 0.05) is 5.54 Å². The maximum absolute atomic E-state index is 12.9. The number of allylic oxidation sites excluding steroid dienone is 1. The molecular weight excluding hydrogens is 370 g/mol. The number of hydrogen-bond acceptors (Lipinski definition) is 2. The highest BCUT2D eigenvalue weighted by atomic mass is 16.6. The molecule has 0 aromatic rings. The van der Waals surface area contributed by atoms with Crippen LogP contribution in [0, 0.1) is 41.4 Å². The third kappa shape index (κ3) is 5.25. The van der Waals surface area contributed by atoms with Crippen molar-refractivity contribution in [2.75, 3.05) is 0 Å². The Kier molecular flexibility index (Phi) is 8.13. The molecule has 2 fully saturated rings. The number of alkyl carbamates (subject to hydrolysis) is 1. The molecule has 3 nitrogen and oxygen atoms in total. The van der Waals surface area contributed by atoms with Crippen LogP contribution in [0.2, 0.25) is 0 Å². The van der Waals surface area contributed by atoms with E-state index in [1.54, 1.807) is 0 Å². The highest BCUT2D eigenvalue weighted by molar-refractivity contribution is 5.69. The maximum Gasteiger partial charge on any atom is 0.408 e. The van der Waals surface area contributed by atoms with Crippen LogP contribution < -0.4 is 5.32 Å². The topological polar surface area (TPSA) is 38.3 Å². The Morgan fingerprint density at radius 2 is 1.80 bits per heavy atom. The molecule has 0 aliphatic heterocycles. The van der Waals surface area contributed by atoms with Gasteiger partial charge in [-0.15, -0.1) is 0 Å². The standard InChI is InChI=1S/C27H49NO2/c1-11-18(5)22-13-14-23(20(7)19(22)6)24-21(17(3)4)15-16-27(24,12-2)28-25(29)30-26(8,9)10/h18-24H,3,11-16H2,1-2,4-10H3,(H,28,29)/t18-,19+,20?,21-,22?,23?,24+,27?/m0/s1. The molecule has 3 heteroatoms. The van der Waals surface area contributed by atoms with Crippen molar-refractivity contribution >= 4 is 6.09 Å². The van der Waals surface area contributed by atoms with Gasteiger partial charge in [0.25, 0.3) is 0 Å². The van der Waals surface area contributed by atoms with E-state index in [1.165, 1.54) is 24.8 Å². The van der Waals surface area contributed by atoms with Crippen molar-refractivity contribution in [1.29, 1.82) is 0 Å². The van der Waals surface area contributed by atoms with Crippen molar-refractivity contribution in [3.8, 4) is 0 Å². The summed E-state index contributed by atoms with van der Waals surface area (Å²) in [7, 11) is 0. The van der Waals surface area contributed by atoms with E-state index >= 15 is 0 Å². The summed E-state index contributed by atoms with van der Waals surface area (Å²) >= 11 is 0. The Hall–Kier alpha value is -0.990. The minimum atomic E-state index is -0.475. The van der Waals surface area contributed by atoms with Gasteiger partial charge < -0.3 is 10.1 Å². The van der Waals surface area contributed by atoms with Crippen molar-refractivity contribution in [1.82, 2.24) is 5.32 Å². The molecule has 0 aromatic heterocycles. The van der Waals surface area contributed by atoms with Gasteiger partial charge in [0.1, 0.15) is 5.60 Å². The number of carbonyl (C=O) groups is 1. The zero-order chi connectivity index (χ0) is 22.9. The Bertz CT molecular complexity index is 606. The van der Waals surface area contributed by atoms with Crippen LogP contribution in [0.3, 0.4) is 0 Å². The van der Waals surface area contributed by atoms with Gasteiger partial charge in [-0.1, -0.05) is 53.2 Å². The maximum atomic E-state index is 12.9. The van der Waals surface area contributed by atoms with Gasteiger partial charge in [0.2, 0.25) is 0 Å². The van der Waals surface area contributed by atoms with Crippen LogP contribution in [-0.2, 0) is 4.74 Å². The van der Waals surface area contributed by atoms with Crippen LogP contribution in [0.1, 0.15) is 101 Å². The van der Waals surface area contributed by atoms with E-state index in [0.29, 0.717) is 23.7 Å². The lowest BCUT2D eigenvalue weighted by molar-refractivity contribution is 0.00219. The third-order valence-electron chi connectivity index (χ3n) is 8.84. The smallest absolute Gasteiger partial charge is 0.408 e. The molecule has 2 saturated carbocycles. The van der Waals surface area contributed by atoms with Crippen molar-refractivity contribution in [2.24, 2.45) is 41.4 Å². The van der Waals surface area contributed by atoms with Gasteiger partial charge in [-0.2, -0.15) is 0 Å². The highest BCUT2D eigenvalue weighted by Gasteiger charge is 2.54. The summed E-state index contributed by atoms with van der Waals surface area (Å²) in [6, 6.07) is 0. The van der Waals surface area contributed by atoms with E-state index in [4.69, 9.17) is 4.74 Å². The fraction of sp³-hybridized carbons (Fsp3) is 0.889. The molecule has 0 bridgehead atoms. The Morgan fingerprint density at radius 1 is 1.17 bits per heavy atom. The average Bonchev–Trinajstić information content (AvgIpc) is 3.01. The molecule has 1 amide bonds. The Morgan fingerprint density at radius 3 is 2.30 bits per heavy atom. The van der Waals surface area contributed by atoms with E-state index in [-0.39, 0.29) is 11.6 Å². The third-order valence-corrected chi connectivity index (χ3v) is 8.84. The molecule has 0 radical (unpaired) electrons. The number of amides is 1. The van der Waals surface area contributed by atoms with Gasteiger partial charge in [-0.25, -0.2) is 4.79 Å². The number of nitrogens with one attached hydrogen (secondary N) is 1. The first-order chi connectivity index (χ1) is 13.9. The average molecular weight is 420 g/mol.